The number of nitrogens with one attached hydrogen (secondary N) is 2. The summed E-state index contributed by atoms with van der Waals surface area (Å²) in [5, 5.41) is 20.0. The predicted octanol–water partition coefficient (Wildman–Crippen LogP) is 11.4. The van der Waals surface area contributed by atoms with Gasteiger partial charge in [-0.15, -0.1) is 0 Å². The largest absolute Gasteiger partial charge is 0.489 e. The Bertz CT molecular complexity index is 2060. The van der Waals surface area contributed by atoms with Crippen LogP contribution in [0.2, 0.25) is 20.1 Å². The molecule has 0 unspecified atom stereocenters. The molecule has 0 aliphatic heterocycles. The van der Waals surface area contributed by atoms with Crippen molar-refractivity contribution in [2.24, 2.45) is 0 Å². The lowest BCUT2D eigenvalue weighted by atomic mass is 9.80. The Morgan fingerprint density at radius 1 is 0.583 bits per heavy atom. The number of rotatable bonds is 2. The van der Waals surface area contributed by atoms with Gasteiger partial charge in [-0.2, -0.15) is 26.3 Å². The van der Waals surface area contributed by atoms with E-state index in [1.165, 1.54) is 12.1 Å². The van der Waals surface area contributed by atoms with Gasteiger partial charge in [0.05, 0.1) is 10.0 Å². The van der Waals surface area contributed by atoms with Crippen molar-refractivity contribution in [2.45, 2.75) is 26.2 Å². The summed E-state index contributed by atoms with van der Waals surface area (Å²) in [5.74, 6) is 0. The van der Waals surface area contributed by atoms with Gasteiger partial charge in [-0.05, 0) is 89.4 Å². The lowest BCUT2D eigenvalue weighted by molar-refractivity contribution is -0.141. The van der Waals surface area contributed by atoms with Gasteiger partial charge in [0.2, 0.25) is 0 Å². The van der Waals surface area contributed by atoms with Crippen LogP contribution in [0.25, 0.3) is 32.9 Å². The van der Waals surface area contributed by atoms with E-state index in [1.54, 1.807) is 36.4 Å². The van der Waals surface area contributed by atoms with Crippen LogP contribution in [0, 0.1) is 13.8 Å². The van der Waals surface area contributed by atoms with Crippen molar-refractivity contribution in [1.82, 2.24) is 9.97 Å². The number of hydrogen-bond donors (Lipinski definition) is 4. The monoisotopic (exact) mass is 810 g/mol. The zero-order valence-electron chi connectivity index (χ0n) is 24.6. The normalized spacial score (nSPS) is 11.6. The highest BCUT2D eigenvalue weighted by Crippen LogP contribution is 2.39. The number of hydrogen-bond acceptors (Lipinski definition) is 2. The number of aromatic amines is 2. The number of aryl methyl sites for hydroxylation is 2. The topological polar surface area (TPSA) is 72.0 Å². The van der Waals surface area contributed by atoms with Crippen LogP contribution < -0.4 is 5.46 Å². The molecule has 252 valence electrons. The molecule has 48 heavy (non-hydrogen) atoms. The van der Waals surface area contributed by atoms with Gasteiger partial charge in [-0.3, -0.25) is 0 Å². The van der Waals surface area contributed by atoms with Gasteiger partial charge in [0, 0.05) is 52.9 Å². The number of benzene rings is 4. The minimum absolute atomic E-state index is 0.337. The van der Waals surface area contributed by atoms with E-state index in [4.69, 9.17) is 56.5 Å². The van der Waals surface area contributed by atoms with Crippen molar-refractivity contribution in [1.29, 1.82) is 0 Å². The predicted molar refractivity (Wildman–Crippen MR) is 186 cm³/mol. The first kappa shape index (κ1) is 38.0. The number of halogens is 11. The Labute approximate surface area is 298 Å². The average molecular weight is 813 g/mol. The van der Waals surface area contributed by atoms with E-state index in [2.05, 4.69) is 25.9 Å². The molecule has 6 aromatic rings. The van der Waals surface area contributed by atoms with E-state index in [0.717, 1.165) is 23.3 Å². The lowest BCUT2D eigenvalue weighted by Gasteiger charge is -2.08. The highest BCUT2D eigenvalue weighted by atomic mass is 79.9. The molecular formula is C32H22BBrCl4F6N2O2. The zero-order chi connectivity index (χ0) is 35.7. The van der Waals surface area contributed by atoms with Crippen LogP contribution in [0.5, 0.6) is 0 Å². The smallest absolute Gasteiger partial charge is 0.423 e. The minimum Gasteiger partial charge on any atom is -0.423 e. The van der Waals surface area contributed by atoms with Crippen molar-refractivity contribution in [3.8, 4) is 11.1 Å². The molecule has 2 aromatic heterocycles. The molecule has 4 aromatic carbocycles. The van der Waals surface area contributed by atoms with Crippen molar-refractivity contribution in [3.63, 3.8) is 0 Å². The third-order valence-electron chi connectivity index (χ3n) is 6.83. The van der Waals surface area contributed by atoms with Gasteiger partial charge < -0.3 is 20.0 Å². The van der Waals surface area contributed by atoms with Crippen molar-refractivity contribution >= 4 is 96.7 Å². The SMILES string of the molecule is Cc1ccc(-c2cc3cc(C(F)(F)F)[nH]c3cc2Cl)c(Cl)c1.Cc1ccc(B(O)O)c(Cl)c1.FC(F)(F)c1cc2cc(Br)c(Cl)cc2[nH]1. The molecule has 0 spiro atoms. The molecular weight excluding hydrogens is 791 g/mol. The van der Waals surface area contributed by atoms with E-state index in [9.17, 15) is 26.3 Å². The highest BCUT2D eigenvalue weighted by molar-refractivity contribution is 9.10. The molecule has 0 bridgehead atoms. The second-order valence-electron chi connectivity index (χ2n) is 10.5. The lowest BCUT2D eigenvalue weighted by Crippen LogP contribution is -2.30. The molecule has 0 saturated carbocycles. The molecule has 2 heterocycles. The van der Waals surface area contributed by atoms with E-state index >= 15 is 0 Å². The zero-order valence-corrected chi connectivity index (χ0v) is 29.2. The van der Waals surface area contributed by atoms with Gasteiger partial charge in [-0.1, -0.05) is 70.7 Å². The molecule has 6 rings (SSSR count). The minimum atomic E-state index is -4.42. The summed E-state index contributed by atoms with van der Waals surface area (Å²) < 4.78 is 75.9. The molecule has 4 nitrogen and oxygen atoms in total. The van der Waals surface area contributed by atoms with Crippen LogP contribution in [0.1, 0.15) is 22.5 Å². The first-order chi connectivity index (χ1) is 22.2. The highest BCUT2D eigenvalue weighted by Gasteiger charge is 2.33. The molecule has 0 aliphatic carbocycles. The molecule has 0 saturated heterocycles. The van der Waals surface area contributed by atoms with Crippen LogP contribution in [-0.4, -0.2) is 27.1 Å². The second-order valence-corrected chi connectivity index (χ2v) is 13.0. The Kier molecular flexibility index (Phi) is 11.8. The quantitative estimate of drug-likeness (QED) is 0.104. The summed E-state index contributed by atoms with van der Waals surface area (Å²) in [4.78, 5) is 4.61. The fourth-order valence-corrected chi connectivity index (χ4v) is 5.93. The molecule has 0 aliphatic rings. The van der Waals surface area contributed by atoms with E-state index < -0.39 is 30.9 Å². The van der Waals surface area contributed by atoms with Crippen LogP contribution in [0.15, 0.2) is 77.3 Å². The van der Waals surface area contributed by atoms with E-state index in [0.29, 0.717) is 63.0 Å². The van der Waals surface area contributed by atoms with Gasteiger partial charge in [0.1, 0.15) is 11.4 Å². The number of aromatic nitrogens is 2. The maximum absolute atomic E-state index is 12.8. The summed E-state index contributed by atoms with van der Waals surface area (Å²) in [7, 11) is -1.48. The summed E-state index contributed by atoms with van der Waals surface area (Å²) in [6, 6.07) is 18.8. The van der Waals surface area contributed by atoms with Gasteiger partial charge in [-0.25, -0.2) is 0 Å². The average Bonchev–Trinajstić information content (AvgIpc) is 3.58. The maximum Gasteiger partial charge on any atom is 0.489 e. The Balaban J connectivity index is 0.000000174. The first-order valence-electron chi connectivity index (χ1n) is 13.6. The number of alkyl halides is 6. The van der Waals surface area contributed by atoms with Gasteiger partial charge in [0.15, 0.2) is 0 Å². The van der Waals surface area contributed by atoms with Crippen molar-refractivity contribution in [2.75, 3.05) is 0 Å². The Morgan fingerprint density at radius 3 is 1.52 bits per heavy atom. The van der Waals surface area contributed by atoms with Crippen molar-refractivity contribution < 1.29 is 36.4 Å². The van der Waals surface area contributed by atoms with Crippen LogP contribution >= 0.6 is 62.3 Å². The molecule has 0 fully saturated rings. The fraction of sp³-hybridized carbons (Fsp3) is 0.125. The standard InChI is InChI=1S/C16H10Cl2F3N.C9H4BrClF3N.C7H8BClO2/c1-8-2-3-10(12(17)4-8)11-5-9-6-15(16(19,20)21)22-14(9)7-13(11)18;10-5-1-4-2-8(9(12,13)14)15-7(4)3-6(5)11;1-5-2-3-6(8(10)11)7(9)4-5/h2-7,22H,1H3;1-3,15H;2-4,10-11H,1H3. The third kappa shape index (κ3) is 9.23. The first-order valence-corrected chi connectivity index (χ1v) is 15.9. The fourth-order valence-electron chi connectivity index (χ4n) is 4.47. The summed E-state index contributed by atoms with van der Waals surface area (Å²) in [5.41, 5.74) is 2.77. The third-order valence-corrected chi connectivity index (χ3v) is 8.98. The Hall–Kier alpha value is -2.84. The molecule has 0 atom stereocenters. The molecule has 0 amide bonds. The van der Waals surface area contributed by atoms with E-state index in [1.807, 2.05) is 26.0 Å². The summed E-state index contributed by atoms with van der Waals surface area (Å²) >= 11 is 27.0. The number of fused-ring (bicyclic) bond motifs is 2. The van der Waals surface area contributed by atoms with E-state index in [-0.39, 0.29) is 0 Å². The molecule has 4 N–H and O–H groups in total. The Morgan fingerprint density at radius 2 is 1.04 bits per heavy atom. The van der Waals surface area contributed by atoms with Crippen LogP contribution in [-0.2, 0) is 12.4 Å². The summed E-state index contributed by atoms with van der Waals surface area (Å²) in [6.45, 7) is 3.79. The summed E-state index contributed by atoms with van der Waals surface area (Å²) in [6.07, 6.45) is -8.79. The maximum atomic E-state index is 12.8. The molecule has 16 heteroatoms. The van der Waals surface area contributed by atoms with Gasteiger partial charge in [0.25, 0.3) is 0 Å². The molecule has 0 radical (unpaired) electrons. The van der Waals surface area contributed by atoms with Crippen molar-refractivity contribution in [3.05, 3.63) is 120 Å². The second kappa shape index (κ2) is 15.0. The van der Waals surface area contributed by atoms with Crippen LogP contribution in [0.4, 0.5) is 26.3 Å². The number of H-pyrrole nitrogens is 2. The van der Waals surface area contributed by atoms with Gasteiger partial charge >= 0.3 is 19.5 Å². The van der Waals surface area contributed by atoms with Crippen LogP contribution in [0.3, 0.4) is 0 Å².